The summed E-state index contributed by atoms with van der Waals surface area (Å²) in [4.78, 5) is 10.8. The number of hydrogen-bond donors (Lipinski definition) is 1. The molecule has 1 aromatic heterocycles. The van der Waals surface area contributed by atoms with Gasteiger partial charge in [0.05, 0.1) is 5.56 Å². The maximum absolute atomic E-state index is 10.8. The van der Waals surface area contributed by atoms with Gasteiger partial charge in [0, 0.05) is 11.6 Å². The van der Waals surface area contributed by atoms with Gasteiger partial charge in [0.2, 0.25) is 0 Å². The molecular formula is C10H6NO3. The Morgan fingerprint density at radius 1 is 1.43 bits per heavy atom. The van der Waals surface area contributed by atoms with Gasteiger partial charge in [0.1, 0.15) is 6.20 Å². The van der Waals surface area contributed by atoms with Crippen LogP contribution < -0.4 is 0 Å². The van der Waals surface area contributed by atoms with Gasteiger partial charge in [-0.3, -0.25) is 0 Å². The van der Waals surface area contributed by atoms with Gasteiger partial charge >= 0.3 is 5.97 Å². The fraction of sp³-hybridized carbons (Fsp3) is 0. The first-order valence-corrected chi connectivity index (χ1v) is 3.94. The molecule has 0 fully saturated rings. The Hall–Kier alpha value is -2.10. The number of rotatable bonds is 2. The van der Waals surface area contributed by atoms with Crippen molar-refractivity contribution in [1.82, 2.24) is 5.16 Å². The SMILES string of the molecule is O=C(O)c1ccccc1-c1c[c]no1. The van der Waals surface area contributed by atoms with Crippen molar-refractivity contribution in [3.05, 3.63) is 42.1 Å². The van der Waals surface area contributed by atoms with Crippen LogP contribution in [-0.4, -0.2) is 16.2 Å². The summed E-state index contributed by atoms with van der Waals surface area (Å²) in [5, 5.41) is 12.3. The van der Waals surface area contributed by atoms with Crippen LogP contribution >= 0.6 is 0 Å². The predicted molar refractivity (Wildman–Crippen MR) is 47.7 cm³/mol. The second kappa shape index (κ2) is 3.33. The van der Waals surface area contributed by atoms with Crippen LogP contribution in [0, 0.1) is 6.20 Å². The summed E-state index contributed by atoms with van der Waals surface area (Å²) >= 11 is 0. The van der Waals surface area contributed by atoms with E-state index >= 15 is 0 Å². The highest BCUT2D eigenvalue weighted by Gasteiger charge is 2.12. The van der Waals surface area contributed by atoms with Crippen molar-refractivity contribution in [2.24, 2.45) is 0 Å². The second-order valence-electron chi connectivity index (χ2n) is 2.67. The van der Waals surface area contributed by atoms with E-state index in [9.17, 15) is 4.79 Å². The van der Waals surface area contributed by atoms with Gasteiger partial charge in [-0.25, -0.2) is 4.79 Å². The molecule has 1 N–H and O–H groups in total. The number of aromatic nitrogens is 1. The fourth-order valence-electron chi connectivity index (χ4n) is 1.20. The lowest BCUT2D eigenvalue weighted by Crippen LogP contribution is -1.98. The molecule has 0 saturated carbocycles. The molecule has 2 aromatic rings. The molecule has 0 atom stereocenters. The van der Waals surface area contributed by atoms with Crippen molar-refractivity contribution in [1.29, 1.82) is 0 Å². The van der Waals surface area contributed by atoms with Crippen LogP contribution in [0.3, 0.4) is 0 Å². The first kappa shape index (κ1) is 8.50. The van der Waals surface area contributed by atoms with Crippen LogP contribution in [0.5, 0.6) is 0 Å². The number of carboxylic acids is 1. The summed E-state index contributed by atoms with van der Waals surface area (Å²) in [6.07, 6.45) is 2.48. The van der Waals surface area contributed by atoms with Gasteiger partial charge in [-0.1, -0.05) is 23.4 Å². The quantitative estimate of drug-likeness (QED) is 0.780. The zero-order chi connectivity index (χ0) is 9.97. The Bertz CT molecular complexity index is 448. The Morgan fingerprint density at radius 2 is 2.21 bits per heavy atom. The highest BCUT2D eigenvalue weighted by molar-refractivity contribution is 5.95. The number of nitrogens with zero attached hydrogens (tertiary/aromatic N) is 1. The molecule has 0 unspecified atom stereocenters. The van der Waals surface area contributed by atoms with E-state index < -0.39 is 5.97 Å². The molecule has 4 heteroatoms. The van der Waals surface area contributed by atoms with Crippen molar-refractivity contribution in [2.75, 3.05) is 0 Å². The number of carbonyl (C=O) groups is 1. The number of hydrogen-bond acceptors (Lipinski definition) is 3. The first-order chi connectivity index (χ1) is 6.79. The normalized spacial score (nSPS) is 10.0. The molecule has 4 nitrogen and oxygen atoms in total. The largest absolute Gasteiger partial charge is 0.478 e. The van der Waals surface area contributed by atoms with E-state index in [1.165, 1.54) is 12.1 Å². The Morgan fingerprint density at radius 3 is 2.86 bits per heavy atom. The third-order valence-electron chi connectivity index (χ3n) is 1.82. The van der Waals surface area contributed by atoms with Gasteiger partial charge in [-0.2, -0.15) is 0 Å². The van der Waals surface area contributed by atoms with Gasteiger partial charge in [-0.05, 0) is 6.07 Å². The summed E-state index contributed by atoms with van der Waals surface area (Å²) in [5.74, 6) is -0.583. The summed E-state index contributed by atoms with van der Waals surface area (Å²) in [6, 6.07) is 8.08. The summed E-state index contributed by atoms with van der Waals surface area (Å²) in [5.41, 5.74) is 0.700. The molecule has 0 bridgehead atoms. The molecule has 1 aromatic carbocycles. The third-order valence-corrected chi connectivity index (χ3v) is 1.82. The molecule has 1 heterocycles. The lowest BCUT2D eigenvalue weighted by atomic mass is 10.1. The topological polar surface area (TPSA) is 63.3 Å². The summed E-state index contributed by atoms with van der Waals surface area (Å²) in [6.45, 7) is 0. The fourth-order valence-corrected chi connectivity index (χ4v) is 1.20. The highest BCUT2D eigenvalue weighted by Crippen LogP contribution is 2.22. The number of carboxylic acid groups (broad SMARTS) is 1. The molecule has 14 heavy (non-hydrogen) atoms. The standard InChI is InChI=1S/C10H6NO3/c12-10(13)8-4-2-1-3-7(8)9-5-6-11-14-9/h1-5H,(H,12,13). The van der Waals surface area contributed by atoms with Gasteiger partial charge in [0.15, 0.2) is 5.76 Å². The molecule has 0 saturated heterocycles. The Kier molecular flexibility index (Phi) is 2.02. The predicted octanol–water partition coefficient (Wildman–Crippen LogP) is 1.84. The smallest absolute Gasteiger partial charge is 0.336 e. The van der Waals surface area contributed by atoms with E-state index in [0.29, 0.717) is 11.3 Å². The molecule has 1 radical (unpaired) electrons. The minimum Gasteiger partial charge on any atom is -0.478 e. The molecule has 69 valence electrons. The summed E-state index contributed by atoms with van der Waals surface area (Å²) in [7, 11) is 0. The van der Waals surface area contributed by atoms with Crippen LogP contribution in [0.4, 0.5) is 0 Å². The van der Waals surface area contributed by atoms with E-state index in [4.69, 9.17) is 9.63 Å². The molecular weight excluding hydrogens is 182 g/mol. The molecule has 0 aliphatic heterocycles. The zero-order valence-electron chi connectivity index (χ0n) is 7.10. The maximum Gasteiger partial charge on any atom is 0.336 e. The van der Waals surface area contributed by atoms with E-state index in [1.807, 2.05) is 0 Å². The average Bonchev–Trinajstić information content (AvgIpc) is 2.70. The molecule has 2 rings (SSSR count). The van der Waals surface area contributed by atoms with Gasteiger partial charge in [-0.15, -0.1) is 0 Å². The first-order valence-electron chi connectivity index (χ1n) is 3.94. The van der Waals surface area contributed by atoms with Gasteiger partial charge < -0.3 is 9.63 Å². The average molecular weight is 188 g/mol. The Balaban J connectivity index is 2.58. The Labute approximate surface area is 79.8 Å². The minimum absolute atomic E-state index is 0.192. The van der Waals surface area contributed by atoms with E-state index in [1.54, 1.807) is 18.2 Å². The van der Waals surface area contributed by atoms with E-state index in [-0.39, 0.29) is 5.56 Å². The maximum atomic E-state index is 10.8. The van der Waals surface area contributed by atoms with Crippen molar-refractivity contribution in [3.8, 4) is 11.3 Å². The van der Waals surface area contributed by atoms with Crippen LogP contribution in [0.2, 0.25) is 0 Å². The monoisotopic (exact) mass is 188 g/mol. The lowest BCUT2D eigenvalue weighted by Gasteiger charge is -2.00. The molecule has 0 aliphatic carbocycles. The van der Waals surface area contributed by atoms with Crippen molar-refractivity contribution in [2.45, 2.75) is 0 Å². The van der Waals surface area contributed by atoms with E-state index in [2.05, 4.69) is 11.4 Å². The van der Waals surface area contributed by atoms with Crippen LogP contribution in [-0.2, 0) is 0 Å². The van der Waals surface area contributed by atoms with Crippen molar-refractivity contribution in [3.63, 3.8) is 0 Å². The summed E-state index contributed by atoms with van der Waals surface area (Å²) < 4.78 is 4.84. The lowest BCUT2D eigenvalue weighted by molar-refractivity contribution is 0.0697. The number of benzene rings is 1. The molecule has 0 spiro atoms. The third kappa shape index (κ3) is 1.37. The minimum atomic E-state index is -0.989. The zero-order valence-corrected chi connectivity index (χ0v) is 7.10. The van der Waals surface area contributed by atoms with E-state index in [0.717, 1.165) is 0 Å². The van der Waals surface area contributed by atoms with Crippen molar-refractivity contribution < 1.29 is 14.4 Å². The molecule has 0 amide bonds. The molecule has 0 aliphatic rings. The van der Waals surface area contributed by atoms with Gasteiger partial charge in [0.25, 0.3) is 0 Å². The van der Waals surface area contributed by atoms with Crippen molar-refractivity contribution >= 4 is 5.97 Å². The number of aromatic carboxylic acids is 1. The van der Waals surface area contributed by atoms with Crippen LogP contribution in [0.15, 0.2) is 34.9 Å². The van der Waals surface area contributed by atoms with Crippen LogP contribution in [0.25, 0.3) is 11.3 Å². The highest BCUT2D eigenvalue weighted by atomic mass is 16.5. The van der Waals surface area contributed by atoms with Crippen LogP contribution in [0.1, 0.15) is 10.4 Å². The second-order valence-corrected chi connectivity index (χ2v) is 2.67.